The predicted octanol–water partition coefficient (Wildman–Crippen LogP) is 2.85. The smallest absolute Gasteiger partial charge is 0.100 e. The van der Waals surface area contributed by atoms with Crippen LogP contribution in [0.15, 0.2) is 0 Å². The number of alkyl halides is 1. The maximum Gasteiger partial charge on any atom is 0.100 e. The Labute approximate surface area is 110 Å². The first kappa shape index (κ1) is 15.2. The quantitative estimate of drug-likeness (QED) is 0.473. The lowest BCUT2D eigenvalue weighted by Gasteiger charge is -2.40. The molecule has 4 heteroatoms. The van der Waals surface area contributed by atoms with Crippen LogP contribution in [-0.2, 0) is 14.2 Å². The van der Waals surface area contributed by atoms with Gasteiger partial charge >= 0.3 is 0 Å². The van der Waals surface area contributed by atoms with Crippen LogP contribution < -0.4 is 0 Å². The Bertz CT molecular complexity index is 199. The topological polar surface area (TPSA) is 27.7 Å². The van der Waals surface area contributed by atoms with Crippen molar-refractivity contribution in [3.8, 4) is 0 Å². The van der Waals surface area contributed by atoms with Gasteiger partial charge in [-0.15, -0.1) is 11.6 Å². The molecule has 0 bridgehead atoms. The van der Waals surface area contributed by atoms with Crippen LogP contribution in [0.5, 0.6) is 0 Å². The van der Waals surface area contributed by atoms with Crippen LogP contribution in [0, 0.1) is 5.92 Å². The van der Waals surface area contributed by atoms with E-state index < -0.39 is 0 Å². The number of halogens is 1. The van der Waals surface area contributed by atoms with E-state index in [0.717, 1.165) is 26.1 Å². The van der Waals surface area contributed by atoms with E-state index in [1.54, 1.807) is 0 Å². The third-order valence-corrected chi connectivity index (χ3v) is 3.13. The van der Waals surface area contributed by atoms with E-state index in [4.69, 9.17) is 25.8 Å². The van der Waals surface area contributed by atoms with Crippen LogP contribution in [0.25, 0.3) is 0 Å². The summed E-state index contributed by atoms with van der Waals surface area (Å²) in [7, 11) is 0. The van der Waals surface area contributed by atoms with Crippen molar-refractivity contribution in [2.75, 3.05) is 26.4 Å². The average molecular weight is 265 g/mol. The van der Waals surface area contributed by atoms with E-state index in [1.807, 2.05) is 0 Å². The molecule has 0 N–H and O–H groups in total. The average Bonchev–Trinajstić information content (AvgIpc) is 2.27. The fraction of sp³-hybridized carbons (Fsp3) is 1.00. The van der Waals surface area contributed by atoms with Gasteiger partial charge in [-0.05, 0) is 18.8 Å². The molecule has 0 aromatic rings. The third kappa shape index (κ3) is 5.56. The van der Waals surface area contributed by atoms with Crippen molar-refractivity contribution in [1.82, 2.24) is 0 Å². The molecular formula is C13H25ClO3. The molecule has 0 aromatic heterocycles. The molecule has 3 atom stereocenters. The fourth-order valence-electron chi connectivity index (χ4n) is 1.73. The van der Waals surface area contributed by atoms with Gasteiger partial charge in [-0.1, -0.05) is 20.8 Å². The molecule has 0 radical (unpaired) electrons. The van der Waals surface area contributed by atoms with Crippen molar-refractivity contribution in [3.05, 3.63) is 0 Å². The molecule has 0 aromatic carbocycles. The first-order valence-corrected chi connectivity index (χ1v) is 7.03. The highest BCUT2D eigenvalue weighted by Gasteiger charge is 2.41. The highest BCUT2D eigenvalue weighted by atomic mass is 35.5. The molecule has 1 aliphatic carbocycles. The van der Waals surface area contributed by atoms with Crippen LogP contribution in [0.4, 0.5) is 0 Å². The fourth-order valence-corrected chi connectivity index (χ4v) is 2.14. The van der Waals surface area contributed by atoms with Gasteiger partial charge in [-0.3, -0.25) is 0 Å². The Morgan fingerprint density at radius 3 is 2.53 bits per heavy atom. The lowest BCUT2D eigenvalue weighted by Crippen LogP contribution is -2.51. The first-order chi connectivity index (χ1) is 8.15. The van der Waals surface area contributed by atoms with Gasteiger partial charge in [0.05, 0.1) is 24.7 Å². The van der Waals surface area contributed by atoms with Gasteiger partial charge < -0.3 is 14.2 Å². The molecule has 1 fully saturated rings. The van der Waals surface area contributed by atoms with Gasteiger partial charge in [-0.25, -0.2) is 0 Å². The molecule has 0 heterocycles. The van der Waals surface area contributed by atoms with E-state index >= 15 is 0 Å². The second-order valence-electron chi connectivity index (χ2n) is 4.97. The van der Waals surface area contributed by atoms with Gasteiger partial charge in [-0.2, -0.15) is 0 Å². The van der Waals surface area contributed by atoms with E-state index in [9.17, 15) is 0 Å². The van der Waals surface area contributed by atoms with Crippen LogP contribution in [0.3, 0.4) is 0 Å². The van der Waals surface area contributed by atoms with Gasteiger partial charge in [0, 0.05) is 13.2 Å². The minimum Gasteiger partial charge on any atom is -0.379 e. The normalized spacial score (nSPS) is 28.4. The van der Waals surface area contributed by atoms with Gasteiger partial charge in [0.2, 0.25) is 0 Å². The molecule has 0 saturated heterocycles. The highest BCUT2D eigenvalue weighted by Crippen LogP contribution is 2.31. The Morgan fingerprint density at radius 1 is 1.18 bits per heavy atom. The molecule has 1 saturated carbocycles. The second-order valence-corrected chi connectivity index (χ2v) is 5.53. The molecule has 0 spiro atoms. The van der Waals surface area contributed by atoms with E-state index in [0.29, 0.717) is 19.1 Å². The maximum atomic E-state index is 6.09. The van der Waals surface area contributed by atoms with Crippen molar-refractivity contribution < 1.29 is 14.2 Å². The minimum atomic E-state index is 0.0710. The summed E-state index contributed by atoms with van der Waals surface area (Å²) in [6.07, 6.45) is 2.14. The van der Waals surface area contributed by atoms with Crippen LogP contribution >= 0.6 is 11.6 Å². The third-order valence-electron chi connectivity index (χ3n) is 2.71. The zero-order chi connectivity index (χ0) is 12.7. The standard InChI is InChI=1S/C13H25ClO3/c1-4-5-17-13-11(14)8-12(13)16-7-6-15-9-10(2)3/h10-13H,4-9H2,1-3H3. The summed E-state index contributed by atoms with van der Waals surface area (Å²) in [5, 5.41) is 0.114. The lowest BCUT2D eigenvalue weighted by atomic mass is 9.91. The predicted molar refractivity (Wildman–Crippen MR) is 69.7 cm³/mol. The summed E-state index contributed by atoms with van der Waals surface area (Å²) in [6, 6.07) is 0. The Kier molecular flexibility index (Phi) is 7.44. The number of rotatable bonds is 9. The van der Waals surface area contributed by atoms with Gasteiger partial charge in [0.15, 0.2) is 0 Å². The molecule has 17 heavy (non-hydrogen) atoms. The summed E-state index contributed by atoms with van der Waals surface area (Å²) in [6.45, 7) is 9.21. The van der Waals surface area contributed by atoms with E-state index in [2.05, 4.69) is 20.8 Å². The molecule has 1 aliphatic rings. The monoisotopic (exact) mass is 264 g/mol. The van der Waals surface area contributed by atoms with E-state index in [1.165, 1.54) is 0 Å². The van der Waals surface area contributed by atoms with Gasteiger partial charge in [0.1, 0.15) is 6.10 Å². The number of hydrogen-bond donors (Lipinski definition) is 0. The van der Waals surface area contributed by atoms with Crippen molar-refractivity contribution >= 4 is 11.6 Å². The SMILES string of the molecule is CCCOC1C(Cl)CC1OCCOCC(C)C. The molecule has 102 valence electrons. The van der Waals surface area contributed by atoms with E-state index in [-0.39, 0.29) is 17.6 Å². The summed E-state index contributed by atoms with van der Waals surface area (Å²) in [5.74, 6) is 0.576. The summed E-state index contributed by atoms with van der Waals surface area (Å²) in [4.78, 5) is 0. The van der Waals surface area contributed by atoms with Crippen LogP contribution in [-0.4, -0.2) is 44.0 Å². The van der Waals surface area contributed by atoms with Crippen molar-refractivity contribution in [3.63, 3.8) is 0 Å². The molecule has 0 aliphatic heterocycles. The minimum absolute atomic E-state index is 0.0710. The highest BCUT2D eigenvalue weighted by molar-refractivity contribution is 6.21. The zero-order valence-corrected chi connectivity index (χ0v) is 11.9. The molecular weight excluding hydrogens is 240 g/mol. The van der Waals surface area contributed by atoms with Crippen LogP contribution in [0.1, 0.15) is 33.6 Å². The molecule has 3 nitrogen and oxygen atoms in total. The Balaban J connectivity index is 2.03. The Morgan fingerprint density at radius 2 is 1.94 bits per heavy atom. The van der Waals surface area contributed by atoms with Crippen LogP contribution in [0.2, 0.25) is 0 Å². The van der Waals surface area contributed by atoms with Gasteiger partial charge in [0.25, 0.3) is 0 Å². The second kappa shape index (κ2) is 8.30. The summed E-state index contributed by atoms with van der Waals surface area (Å²) < 4.78 is 16.8. The number of ether oxygens (including phenoxy) is 3. The lowest BCUT2D eigenvalue weighted by molar-refractivity contribution is -0.131. The Hall–Kier alpha value is 0.170. The molecule has 0 amide bonds. The molecule has 1 rings (SSSR count). The number of hydrogen-bond acceptors (Lipinski definition) is 3. The van der Waals surface area contributed by atoms with Crippen molar-refractivity contribution in [2.24, 2.45) is 5.92 Å². The molecule has 3 unspecified atom stereocenters. The largest absolute Gasteiger partial charge is 0.379 e. The first-order valence-electron chi connectivity index (χ1n) is 6.60. The maximum absolute atomic E-state index is 6.09. The summed E-state index contributed by atoms with van der Waals surface area (Å²) in [5.41, 5.74) is 0. The summed E-state index contributed by atoms with van der Waals surface area (Å²) >= 11 is 6.09. The van der Waals surface area contributed by atoms with Crippen molar-refractivity contribution in [1.29, 1.82) is 0 Å². The van der Waals surface area contributed by atoms with Crippen molar-refractivity contribution in [2.45, 2.75) is 51.2 Å². The zero-order valence-electron chi connectivity index (χ0n) is 11.2.